The van der Waals surface area contributed by atoms with Crippen LogP contribution in [0, 0.1) is 5.82 Å². The first-order valence-electron chi connectivity index (χ1n) is 12.2. The molecule has 2 aromatic carbocycles. The summed E-state index contributed by atoms with van der Waals surface area (Å²) < 4.78 is 67.0. The first-order chi connectivity index (χ1) is 18.0. The van der Waals surface area contributed by atoms with Crippen LogP contribution in [0.1, 0.15) is 48.0 Å². The molecule has 0 bridgehead atoms. The van der Waals surface area contributed by atoms with Crippen LogP contribution in [-0.2, 0) is 19.9 Å². The Morgan fingerprint density at radius 1 is 0.974 bits per heavy atom. The first kappa shape index (κ1) is 26.1. The highest BCUT2D eigenvalue weighted by atomic mass is 32.2. The van der Waals surface area contributed by atoms with E-state index in [1.807, 2.05) is 0 Å². The van der Waals surface area contributed by atoms with Gasteiger partial charge in [-0.25, -0.2) is 26.2 Å². The van der Waals surface area contributed by atoms with Gasteiger partial charge in [-0.2, -0.15) is 0 Å². The third kappa shape index (κ3) is 5.21. The van der Waals surface area contributed by atoms with Gasteiger partial charge in [0.25, 0.3) is 0 Å². The molecule has 1 saturated carbocycles. The largest absolute Gasteiger partial charge is 0.345 e. The number of aromatic nitrogens is 2. The van der Waals surface area contributed by atoms with Gasteiger partial charge in [-0.1, -0.05) is 31.4 Å². The minimum atomic E-state index is -3.67. The number of rotatable bonds is 7. The smallest absolute Gasteiger partial charge is 0.235 e. The first-order valence-corrected chi connectivity index (χ1v) is 15.6. The number of carbonyl (C=O) groups excluding carboxylic acids is 1. The van der Waals surface area contributed by atoms with Crippen molar-refractivity contribution in [2.75, 3.05) is 11.0 Å². The monoisotopic (exact) mass is 555 g/mol. The molecule has 4 aromatic rings. The molecule has 198 valence electrons. The summed E-state index contributed by atoms with van der Waals surface area (Å²) in [6, 6.07) is 11.6. The number of H-pyrrole nitrogens is 1. The van der Waals surface area contributed by atoms with Crippen LogP contribution in [0.2, 0.25) is 0 Å². The molecular weight excluding hydrogens is 529 g/mol. The van der Waals surface area contributed by atoms with Crippen LogP contribution in [0.25, 0.3) is 22.2 Å². The van der Waals surface area contributed by atoms with E-state index in [1.165, 1.54) is 30.5 Å². The molecule has 11 heteroatoms. The lowest BCUT2D eigenvalue weighted by molar-refractivity contribution is 0.103. The van der Waals surface area contributed by atoms with E-state index in [0.717, 1.165) is 31.6 Å². The number of carbonyl (C=O) groups is 1. The summed E-state index contributed by atoms with van der Waals surface area (Å²) >= 11 is 0. The average Bonchev–Trinajstić information content (AvgIpc) is 3.33. The maximum absolute atomic E-state index is 14.8. The lowest BCUT2D eigenvalue weighted by Crippen LogP contribution is -2.29. The van der Waals surface area contributed by atoms with Crippen molar-refractivity contribution in [3.05, 3.63) is 77.9 Å². The summed E-state index contributed by atoms with van der Waals surface area (Å²) in [5, 5.41) is -0.0930. The Morgan fingerprint density at radius 2 is 1.74 bits per heavy atom. The Kier molecular flexibility index (Phi) is 6.83. The van der Waals surface area contributed by atoms with Gasteiger partial charge in [0.1, 0.15) is 11.5 Å². The molecule has 0 atom stereocenters. The maximum atomic E-state index is 14.8. The number of anilines is 1. The SMILES string of the molecule is CS(=O)(=O)c1cccc(-c2cnc3[nH]cc(C(=O)c4cc(NS(=O)(=O)C5CCCCC5)ccc4F)c3c2)c1. The van der Waals surface area contributed by atoms with Crippen molar-refractivity contribution in [3.8, 4) is 11.1 Å². The highest BCUT2D eigenvalue weighted by Gasteiger charge is 2.28. The summed E-state index contributed by atoms with van der Waals surface area (Å²) in [6.45, 7) is 0. The second kappa shape index (κ2) is 9.95. The van der Waals surface area contributed by atoms with Gasteiger partial charge in [0.2, 0.25) is 10.0 Å². The van der Waals surface area contributed by atoms with Gasteiger partial charge in [0, 0.05) is 40.8 Å². The van der Waals surface area contributed by atoms with E-state index >= 15 is 0 Å². The van der Waals surface area contributed by atoms with E-state index < -0.39 is 36.7 Å². The summed E-state index contributed by atoms with van der Waals surface area (Å²) in [6.07, 6.45) is 7.92. The molecule has 1 fully saturated rings. The number of benzene rings is 2. The van der Waals surface area contributed by atoms with Crippen molar-refractivity contribution < 1.29 is 26.0 Å². The Balaban J connectivity index is 1.49. The molecule has 2 heterocycles. The van der Waals surface area contributed by atoms with E-state index in [2.05, 4.69) is 14.7 Å². The van der Waals surface area contributed by atoms with Gasteiger partial charge in [0.05, 0.1) is 15.7 Å². The zero-order valence-electron chi connectivity index (χ0n) is 20.6. The van der Waals surface area contributed by atoms with Gasteiger partial charge in [0.15, 0.2) is 15.6 Å². The fourth-order valence-electron chi connectivity index (χ4n) is 4.79. The van der Waals surface area contributed by atoms with Crippen molar-refractivity contribution in [1.29, 1.82) is 0 Å². The predicted molar refractivity (Wildman–Crippen MR) is 144 cm³/mol. The average molecular weight is 556 g/mol. The van der Waals surface area contributed by atoms with E-state index in [4.69, 9.17) is 0 Å². The van der Waals surface area contributed by atoms with Crippen molar-refractivity contribution in [3.63, 3.8) is 0 Å². The van der Waals surface area contributed by atoms with E-state index in [0.29, 0.717) is 35.0 Å². The van der Waals surface area contributed by atoms with Crippen LogP contribution in [0.4, 0.5) is 10.1 Å². The van der Waals surface area contributed by atoms with Crippen molar-refractivity contribution >= 4 is 42.4 Å². The number of aromatic amines is 1. The van der Waals surface area contributed by atoms with Crippen molar-refractivity contribution in [2.24, 2.45) is 0 Å². The zero-order chi connectivity index (χ0) is 27.1. The van der Waals surface area contributed by atoms with Crippen LogP contribution in [0.3, 0.4) is 0 Å². The molecular formula is C27H26FN3O5S2. The number of nitrogens with one attached hydrogen (secondary N) is 2. The minimum absolute atomic E-state index is 0.122. The van der Waals surface area contributed by atoms with Gasteiger partial charge >= 0.3 is 0 Å². The lowest BCUT2D eigenvalue weighted by atomic mass is 10.0. The minimum Gasteiger partial charge on any atom is -0.345 e. The summed E-state index contributed by atoms with van der Waals surface area (Å²) in [4.78, 5) is 20.8. The number of nitrogens with zero attached hydrogens (tertiary/aromatic N) is 1. The van der Waals surface area contributed by atoms with Crippen molar-refractivity contribution in [1.82, 2.24) is 9.97 Å². The van der Waals surface area contributed by atoms with E-state index in [-0.39, 0.29) is 21.7 Å². The molecule has 0 radical (unpaired) electrons. The quantitative estimate of drug-likeness (QED) is 0.306. The van der Waals surface area contributed by atoms with Crippen LogP contribution in [0.5, 0.6) is 0 Å². The molecule has 8 nitrogen and oxygen atoms in total. The molecule has 2 aromatic heterocycles. The summed E-state index contributed by atoms with van der Waals surface area (Å²) in [5.41, 5.74) is 1.56. The molecule has 1 aliphatic carbocycles. The molecule has 0 spiro atoms. The molecule has 38 heavy (non-hydrogen) atoms. The number of hydrogen-bond donors (Lipinski definition) is 2. The number of halogens is 1. The topological polar surface area (TPSA) is 126 Å². The van der Waals surface area contributed by atoms with Crippen LogP contribution >= 0.6 is 0 Å². The fourth-order valence-corrected chi connectivity index (χ4v) is 7.03. The zero-order valence-corrected chi connectivity index (χ0v) is 22.2. The van der Waals surface area contributed by atoms with Crippen LogP contribution in [0.15, 0.2) is 65.8 Å². The number of sulfone groups is 1. The number of fused-ring (bicyclic) bond motifs is 1. The number of hydrogen-bond acceptors (Lipinski definition) is 6. The predicted octanol–water partition coefficient (Wildman–Crippen LogP) is 5.08. The Bertz CT molecular complexity index is 1760. The summed E-state index contributed by atoms with van der Waals surface area (Å²) in [7, 11) is -7.10. The highest BCUT2D eigenvalue weighted by molar-refractivity contribution is 7.93. The molecule has 0 aliphatic heterocycles. The molecule has 5 rings (SSSR count). The third-order valence-electron chi connectivity index (χ3n) is 6.83. The maximum Gasteiger partial charge on any atom is 0.235 e. The number of pyridine rings is 1. The van der Waals surface area contributed by atoms with Gasteiger partial charge in [-0.05, 0) is 54.8 Å². The second-order valence-corrected chi connectivity index (χ2v) is 13.5. The van der Waals surface area contributed by atoms with Gasteiger partial charge < -0.3 is 4.98 Å². The fraction of sp³-hybridized carbons (Fsp3) is 0.259. The van der Waals surface area contributed by atoms with Gasteiger partial charge in [-0.15, -0.1) is 0 Å². The molecule has 0 unspecified atom stereocenters. The number of sulfonamides is 1. The molecule has 0 amide bonds. The lowest BCUT2D eigenvalue weighted by Gasteiger charge is -2.22. The summed E-state index contributed by atoms with van der Waals surface area (Å²) in [5.74, 6) is -1.42. The Morgan fingerprint density at radius 3 is 2.47 bits per heavy atom. The Hall–Kier alpha value is -3.57. The molecule has 0 saturated heterocycles. The van der Waals surface area contributed by atoms with E-state index in [1.54, 1.807) is 24.4 Å². The standard InChI is InChI=1S/C27H26FN3O5S2/c1-37(33,34)21-9-5-6-17(12-21)18-13-22-24(16-30-27(22)29-15-18)26(32)23-14-19(10-11-25(23)28)31-38(35,36)20-7-3-2-4-8-20/h5-6,9-16,20,31H,2-4,7-8H2,1H3,(H,29,30). The molecule has 1 aliphatic rings. The Labute approximate surface area is 220 Å². The van der Waals surface area contributed by atoms with Gasteiger partial charge in [-0.3, -0.25) is 9.52 Å². The van der Waals surface area contributed by atoms with Crippen molar-refractivity contribution in [2.45, 2.75) is 42.2 Å². The van der Waals surface area contributed by atoms with E-state index in [9.17, 15) is 26.0 Å². The van der Waals surface area contributed by atoms with Crippen LogP contribution in [-0.4, -0.2) is 44.1 Å². The normalized spacial score (nSPS) is 15.0. The number of ketones is 1. The molecule has 2 N–H and O–H groups in total. The third-order valence-corrected chi connectivity index (χ3v) is 9.81. The highest BCUT2D eigenvalue weighted by Crippen LogP contribution is 2.30. The van der Waals surface area contributed by atoms with Crippen LogP contribution < -0.4 is 4.72 Å². The second-order valence-electron chi connectivity index (χ2n) is 9.55.